The average Bonchev–Trinajstić information content (AvgIpc) is 2.74. The molecule has 2 aromatic carbocycles. The van der Waals surface area contributed by atoms with E-state index in [1.807, 2.05) is 54.6 Å². The van der Waals surface area contributed by atoms with Gasteiger partial charge in [0.2, 0.25) is 0 Å². The van der Waals surface area contributed by atoms with Crippen molar-refractivity contribution in [2.24, 2.45) is 0 Å². The van der Waals surface area contributed by atoms with E-state index in [-0.39, 0.29) is 5.91 Å². The van der Waals surface area contributed by atoms with Gasteiger partial charge in [0.1, 0.15) is 11.4 Å². The number of hydrogen-bond acceptors (Lipinski definition) is 4. The van der Waals surface area contributed by atoms with Crippen molar-refractivity contribution in [2.75, 3.05) is 19.0 Å². The van der Waals surface area contributed by atoms with Crippen LogP contribution in [0.25, 0.3) is 0 Å². The maximum atomic E-state index is 12.4. The minimum Gasteiger partial charge on any atom is -0.496 e. The molecule has 0 atom stereocenters. The second kappa shape index (κ2) is 9.76. The molecule has 0 saturated heterocycles. The first-order valence-electron chi connectivity index (χ1n) is 9.00. The van der Waals surface area contributed by atoms with Crippen molar-refractivity contribution in [1.82, 2.24) is 10.3 Å². The molecule has 0 fully saturated rings. The first kappa shape index (κ1) is 19.7. The summed E-state index contributed by atoms with van der Waals surface area (Å²) in [7, 11) is 1.61. The topological polar surface area (TPSA) is 63.2 Å². The van der Waals surface area contributed by atoms with Gasteiger partial charge in [-0.05, 0) is 42.3 Å². The van der Waals surface area contributed by atoms with Crippen LogP contribution in [0.1, 0.15) is 21.6 Å². The third kappa shape index (κ3) is 5.47. The van der Waals surface area contributed by atoms with E-state index in [2.05, 4.69) is 15.6 Å². The van der Waals surface area contributed by atoms with Crippen molar-refractivity contribution >= 4 is 23.2 Å². The summed E-state index contributed by atoms with van der Waals surface area (Å²) in [6.45, 7) is 1.12. The zero-order valence-corrected chi connectivity index (χ0v) is 16.4. The number of nitrogens with one attached hydrogen (secondary N) is 2. The normalized spacial score (nSPS) is 10.4. The summed E-state index contributed by atoms with van der Waals surface area (Å²) in [6, 6.07) is 19.0. The van der Waals surface area contributed by atoms with Gasteiger partial charge in [-0.15, -0.1) is 0 Å². The van der Waals surface area contributed by atoms with Crippen molar-refractivity contribution in [3.8, 4) is 5.75 Å². The number of para-hydroxylation sites is 1. The molecule has 3 aromatic rings. The number of nitrogens with zero attached hydrogens (tertiary/aromatic N) is 1. The Morgan fingerprint density at radius 1 is 1.11 bits per heavy atom. The first-order valence-corrected chi connectivity index (χ1v) is 9.38. The molecule has 2 N–H and O–H groups in total. The van der Waals surface area contributed by atoms with Gasteiger partial charge in [0.15, 0.2) is 0 Å². The number of ether oxygens (including phenoxy) is 1. The number of rotatable bonds is 8. The third-order valence-electron chi connectivity index (χ3n) is 4.28. The van der Waals surface area contributed by atoms with Gasteiger partial charge in [-0.3, -0.25) is 9.78 Å². The summed E-state index contributed by atoms with van der Waals surface area (Å²) in [6.07, 6.45) is 2.48. The van der Waals surface area contributed by atoms with E-state index in [0.29, 0.717) is 12.2 Å². The predicted octanol–water partition coefficient (Wildman–Crippen LogP) is 4.33. The van der Waals surface area contributed by atoms with E-state index in [4.69, 9.17) is 16.3 Å². The molecule has 1 amide bonds. The molecule has 1 aromatic heterocycles. The number of pyridine rings is 1. The van der Waals surface area contributed by atoms with Crippen LogP contribution in [-0.2, 0) is 13.0 Å². The standard InChI is InChI=1S/C22H22ClN3O2/c1-28-21-5-3-2-4-17(21)15-26-22(27)20-14-19(11-13-25-20)24-12-10-16-6-8-18(23)9-7-16/h2-9,11,13-14H,10,12,15H2,1H3,(H,24,25)(H,26,27). The Morgan fingerprint density at radius 2 is 1.89 bits per heavy atom. The van der Waals surface area contributed by atoms with Crippen LogP contribution in [-0.4, -0.2) is 24.5 Å². The summed E-state index contributed by atoms with van der Waals surface area (Å²) in [5.41, 5.74) is 3.33. The fourth-order valence-corrected chi connectivity index (χ4v) is 2.91. The fraction of sp³-hybridized carbons (Fsp3) is 0.182. The maximum Gasteiger partial charge on any atom is 0.270 e. The Morgan fingerprint density at radius 3 is 2.68 bits per heavy atom. The lowest BCUT2D eigenvalue weighted by atomic mass is 10.1. The lowest BCUT2D eigenvalue weighted by molar-refractivity contribution is 0.0945. The minimum atomic E-state index is -0.229. The second-order valence-electron chi connectivity index (χ2n) is 6.23. The Kier molecular flexibility index (Phi) is 6.87. The molecule has 0 radical (unpaired) electrons. The van der Waals surface area contributed by atoms with Crippen LogP contribution in [0.5, 0.6) is 5.75 Å². The molecule has 144 valence electrons. The number of halogens is 1. The minimum absolute atomic E-state index is 0.229. The van der Waals surface area contributed by atoms with Gasteiger partial charge in [-0.2, -0.15) is 0 Å². The van der Waals surface area contributed by atoms with Crippen molar-refractivity contribution in [1.29, 1.82) is 0 Å². The van der Waals surface area contributed by atoms with E-state index in [1.54, 1.807) is 19.4 Å². The van der Waals surface area contributed by atoms with Crippen molar-refractivity contribution in [3.63, 3.8) is 0 Å². The fourth-order valence-electron chi connectivity index (χ4n) is 2.78. The Labute approximate surface area is 169 Å². The number of anilines is 1. The zero-order valence-electron chi connectivity index (χ0n) is 15.6. The van der Waals surface area contributed by atoms with Gasteiger partial charge in [-0.25, -0.2) is 0 Å². The highest BCUT2D eigenvalue weighted by atomic mass is 35.5. The van der Waals surface area contributed by atoms with Crippen LogP contribution in [0.15, 0.2) is 66.9 Å². The number of carbonyl (C=O) groups is 1. The number of methoxy groups -OCH3 is 1. The average molecular weight is 396 g/mol. The molecule has 0 aliphatic heterocycles. The van der Waals surface area contributed by atoms with E-state index in [0.717, 1.165) is 35.0 Å². The molecule has 1 heterocycles. The quantitative estimate of drug-likeness (QED) is 0.596. The molecule has 0 aliphatic rings. The van der Waals surface area contributed by atoms with Crippen molar-refractivity contribution < 1.29 is 9.53 Å². The summed E-state index contributed by atoms with van der Waals surface area (Å²) in [5.74, 6) is 0.514. The molecular weight excluding hydrogens is 374 g/mol. The molecule has 3 rings (SSSR count). The van der Waals surface area contributed by atoms with Gasteiger partial charge in [0, 0.05) is 35.6 Å². The summed E-state index contributed by atoms with van der Waals surface area (Å²) in [5, 5.41) is 6.94. The first-order chi connectivity index (χ1) is 13.7. The van der Waals surface area contributed by atoms with Gasteiger partial charge >= 0.3 is 0 Å². The Balaban J connectivity index is 1.54. The third-order valence-corrected chi connectivity index (χ3v) is 4.53. The van der Waals surface area contributed by atoms with Crippen molar-refractivity contribution in [3.05, 3.63) is 88.7 Å². The SMILES string of the molecule is COc1ccccc1CNC(=O)c1cc(NCCc2ccc(Cl)cc2)ccn1. The van der Waals surface area contributed by atoms with E-state index >= 15 is 0 Å². The molecular formula is C22H22ClN3O2. The van der Waals surface area contributed by atoms with Crippen molar-refractivity contribution in [2.45, 2.75) is 13.0 Å². The van der Waals surface area contributed by atoms with Gasteiger partial charge in [0.05, 0.1) is 7.11 Å². The van der Waals surface area contributed by atoms with E-state index in [9.17, 15) is 4.79 Å². The molecule has 6 heteroatoms. The van der Waals surface area contributed by atoms with Gasteiger partial charge in [0.25, 0.3) is 5.91 Å². The molecule has 0 spiro atoms. The number of amides is 1. The number of carbonyl (C=O) groups excluding carboxylic acids is 1. The molecule has 28 heavy (non-hydrogen) atoms. The summed E-state index contributed by atoms with van der Waals surface area (Å²) >= 11 is 5.90. The largest absolute Gasteiger partial charge is 0.496 e. The maximum absolute atomic E-state index is 12.4. The van der Waals surface area contributed by atoms with Gasteiger partial charge < -0.3 is 15.4 Å². The second-order valence-corrected chi connectivity index (χ2v) is 6.66. The highest BCUT2D eigenvalue weighted by Gasteiger charge is 2.09. The highest BCUT2D eigenvalue weighted by molar-refractivity contribution is 6.30. The Bertz CT molecular complexity index is 929. The van der Waals surface area contributed by atoms with Crippen LogP contribution >= 0.6 is 11.6 Å². The lowest BCUT2D eigenvalue weighted by Gasteiger charge is -2.10. The van der Waals surface area contributed by atoms with E-state index in [1.165, 1.54) is 5.56 Å². The number of aromatic nitrogens is 1. The molecule has 0 saturated carbocycles. The van der Waals surface area contributed by atoms with Crippen LogP contribution in [0.2, 0.25) is 5.02 Å². The monoisotopic (exact) mass is 395 g/mol. The van der Waals surface area contributed by atoms with Crippen LogP contribution in [0.3, 0.4) is 0 Å². The predicted molar refractivity (Wildman–Crippen MR) is 112 cm³/mol. The smallest absolute Gasteiger partial charge is 0.270 e. The summed E-state index contributed by atoms with van der Waals surface area (Å²) < 4.78 is 5.31. The Hall–Kier alpha value is -3.05. The molecule has 5 nitrogen and oxygen atoms in total. The zero-order chi connectivity index (χ0) is 19.8. The summed E-state index contributed by atoms with van der Waals surface area (Å²) in [4.78, 5) is 16.6. The van der Waals surface area contributed by atoms with Crippen LogP contribution < -0.4 is 15.4 Å². The molecule has 0 unspecified atom stereocenters. The van der Waals surface area contributed by atoms with Crippen LogP contribution in [0.4, 0.5) is 5.69 Å². The van der Waals surface area contributed by atoms with Crippen LogP contribution in [0, 0.1) is 0 Å². The lowest BCUT2D eigenvalue weighted by Crippen LogP contribution is -2.24. The molecule has 0 aliphatic carbocycles. The number of benzene rings is 2. The molecule has 0 bridgehead atoms. The number of hydrogen-bond donors (Lipinski definition) is 2. The highest BCUT2D eigenvalue weighted by Crippen LogP contribution is 2.17. The van der Waals surface area contributed by atoms with Gasteiger partial charge in [-0.1, -0.05) is 41.9 Å². The van der Waals surface area contributed by atoms with E-state index < -0.39 is 0 Å².